The van der Waals surface area contributed by atoms with Crippen molar-refractivity contribution in [2.45, 2.75) is 25.9 Å². The lowest BCUT2D eigenvalue weighted by atomic mass is 10.2. The molecule has 0 heterocycles. The van der Waals surface area contributed by atoms with Crippen LogP contribution in [0.2, 0.25) is 0 Å². The molecule has 5 nitrogen and oxygen atoms in total. The maximum absolute atomic E-state index is 12.0. The Bertz CT molecular complexity index is 434. The van der Waals surface area contributed by atoms with Crippen LogP contribution in [0.25, 0.3) is 0 Å². The van der Waals surface area contributed by atoms with Gasteiger partial charge in [0.25, 0.3) is 5.91 Å². The molecule has 20 heavy (non-hydrogen) atoms. The van der Waals surface area contributed by atoms with Gasteiger partial charge in [0, 0.05) is 19.2 Å². The molecule has 0 spiro atoms. The van der Waals surface area contributed by atoms with Crippen LogP contribution >= 0.6 is 0 Å². The SMILES string of the molecule is CCC(O)CCNC(=O)CN(C)C(=O)c1ccccc1. The van der Waals surface area contributed by atoms with Gasteiger partial charge < -0.3 is 15.3 Å². The quantitative estimate of drug-likeness (QED) is 0.783. The number of aliphatic hydroxyl groups is 1. The van der Waals surface area contributed by atoms with Crippen molar-refractivity contribution >= 4 is 11.8 Å². The smallest absolute Gasteiger partial charge is 0.254 e. The molecule has 0 aliphatic carbocycles. The minimum Gasteiger partial charge on any atom is -0.393 e. The standard InChI is InChI=1S/C15H22N2O3/c1-3-13(18)9-10-16-14(19)11-17(2)15(20)12-7-5-4-6-8-12/h4-8,13,18H,3,9-11H2,1-2H3,(H,16,19). The van der Waals surface area contributed by atoms with Gasteiger partial charge in [-0.2, -0.15) is 0 Å². The number of nitrogens with zero attached hydrogens (tertiary/aromatic N) is 1. The zero-order valence-corrected chi connectivity index (χ0v) is 12.0. The molecule has 0 aliphatic heterocycles. The molecule has 2 amide bonds. The summed E-state index contributed by atoms with van der Waals surface area (Å²) in [6.07, 6.45) is 0.805. The molecule has 2 N–H and O–H groups in total. The predicted octanol–water partition coefficient (Wildman–Crippen LogP) is 1.04. The summed E-state index contributed by atoms with van der Waals surface area (Å²) in [6, 6.07) is 8.84. The lowest BCUT2D eigenvalue weighted by molar-refractivity contribution is -0.121. The van der Waals surface area contributed by atoms with Gasteiger partial charge in [-0.05, 0) is 25.0 Å². The average Bonchev–Trinajstić information content (AvgIpc) is 2.47. The van der Waals surface area contributed by atoms with Gasteiger partial charge in [-0.1, -0.05) is 25.1 Å². The monoisotopic (exact) mass is 278 g/mol. The maximum atomic E-state index is 12.0. The van der Waals surface area contributed by atoms with Crippen molar-refractivity contribution in [3.8, 4) is 0 Å². The van der Waals surface area contributed by atoms with Gasteiger partial charge in [-0.25, -0.2) is 0 Å². The van der Waals surface area contributed by atoms with Gasteiger partial charge in [-0.15, -0.1) is 0 Å². The molecule has 0 fully saturated rings. The fourth-order valence-electron chi connectivity index (χ4n) is 1.73. The molecule has 1 aromatic carbocycles. The molecular weight excluding hydrogens is 256 g/mol. The fraction of sp³-hybridized carbons (Fsp3) is 0.467. The topological polar surface area (TPSA) is 69.6 Å². The van der Waals surface area contributed by atoms with Crippen molar-refractivity contribution in [2.24, 2.45) is 0 Å². The Morgan fingerprint density at radius 3 is 2.55 bits per heavy atom. The minimum atomic E-state index is -0.390. The van der Waals surface area contributed by atoms with Crippen molar-refractivity contribution in [1.82, 2.24) is 10.2 Å². The Hall–Kier alpha value is -1.88. The molecule has 1 aromatic rings. The van der Waals surface area contributed by atoms with E-state index in [1.54, 1.807) is 31.3 Å². The maximum Gasteiger partial charge on any atom is 0.254 e. The lowest BCUT2D eigenvalue weighted by Gasteiger charge is -2.17. The first-order valence-corrected chi connectivity index (χ1v) is 6.79. The number of rotatable bonds is 7. The van der Waals surface area contributed by atoms with Gasteiger partial charge in [-0.3, -0.25) is 9.59 Å². The normalized spacial score (nSPS) is 11.8. The van der Waals surface area contributed by atoms with Crippen LogP contribution in [0, 0.1) is 0 Å². The Kier molecular flexibility index (Phi) is 6.73. The zero-order valence-electron chi connectivity index (χ0n) is 12.0. The van der Waals surface area contributed by atoms with Gasteiger partial charge >= 0.3 is 0 Å². The summed E-state index contributed by atoms with van der Waals surface area (Å²) in [7, 11) is 1.59. The third kappa shape index (κ3) is 5.40. The number of hydrogen-bond acceptors (Lipinski definition) is 3. The van der Waals surface area contributed by atoms with Gasteiger partial charge in [0.15, 0.2) is 0 Å². The van der Waals surface area contributed by atoms with Gasteiger partial charge in [0.05, 0.1) is 12.6 Å². The highest BCUT2D eigenvalue weighted by atomic mass is 16.3. The molecule has 1 atom stereocenters. The van der Waals surface area contributed by atoms with E-state index in [-0.39, 0.29) is 24.5 Å². The van der Waals surface area contributed by atoms with Crippen molar-refractivity contribution in [2.75, 3.05) is 20.1 Å². The van der Waals surface area contributed by atoms with Crippen LogP contribution < -0.4 is 5.32 Å². The second-order valence-corrected chi connectivity index (χ2v) is 4.73. The third-order valence-corrected chi connectivity index (χ3v) is 3.02. The van der Waals surface area contributed by atoms with Crippen molar-refractivity contribution in [3.05, 3.63) is 35.9 Å². The number of hydrogen-bond donors (Lipinski definition) is 2. The van der Waals surface area contributed by atoms with Crippen LogP contribution in [-0.4, -0.2) is 48.1 Å². The van der Waals surface area contributed by atoms with E-state index in [9.17, 15) is 14.7 Å². The number of benzene rings is 1. The summed E-state index contributed by atoms with van der Waals surface area (Å²) in [5, 5.41) is 12.1. The summed E-state index contributed by atoms with van der Waals surface area (Å²) >= 11 is 0. The van der Waals surface area contributed by atoms with Crippen molar-refractivity contribution in [3.63, 3.8) is 0 Å². The highest BCUT2D eigenvalue weighted by Crippen LogP contribution is 2.02. The number of likely N-dealkylation sites (N-methyl/N-ethyl adjacent to an activating group) is 1. The van der Waals surface area contributed by atoms with Crippen LogP contribution in [0.4, 0.5) is 0 Å². The van der Waals surface area contributed by atoms with E-state index in [1.165, 1.54) is 4.90 Å². The highest BCUT2D eigenvalue weighted by molar-refractivity contribution is 5.96. The summed E-state index contributed by atoms with van der Waals surface area (Å²) < 4.78 is 0. The average molecular weight is 278 g/mol. The molecule has 0 aliphatic rings. The Balaban J connectivity index is 2.36. The van der Waals surface area contributed by atoms with Crippen molar-refractivity contribution < 1.29 is 14.7 Å². The molecular formula is C15H22N2O3. The molecule has 0 radical (unpaired) electrons. The Labute approximate surface area is 119 Å². The summed E-state index contributed by atoms with van der Waals surface area (Å²) in [5.41, 5.74) is 0.559. The number of amides is 2. The molecule has 110 valence electrons. The largest absolute Gasteiger partial charge is 0.393 e. The van der Waals surface area contributed by atoms with Gasteiger partial charge in [0.2, 0.25) is 5.91 Å². The van der Waals surface area contributed by atoms with Crippen LogP contribution in [-0.2, 0) is 4.79 Å². The Morgan fingerprint density at radius 2 is 1.95 bits per heavy atom. The van der Waals surface area contributed by atoms with E-state index < -0.39 is 0 Å². The van der Waals surface area contributed by atoms with Crippen molar-refractivity contribution in [1.29, 1.82) is 0 Å². The van der Waals surface area contributed by atoms with E-state index in [1.807, 2.05) is 13.0 Å². The van der Waals surface area contributed by atoms with Crippen LogP contribution in [0.1, 0.15) is 30.1 Å². The van der Waals surface area contributed by atoms with E-state index in [0.717, 1.165) is 0 Å². The third-order valence-electron chi connectivity index (χ3n) is 3.02. The first kappa shape index (κ1) is 16.2. The summed E-state index contributed by atoms with van der Waals surface area (Å²) in [6.45, 7) is 2.32. The fourth-order valence-corrected chi connectivity index (χ4v) is 1.73. The minimum absolute atomic E-state index is 0.00987. The number of nitrogens with one attached hydrogen (secondary N) is 1. The summed E-state index contributed by atoms with van der Waals surface area (Å²) in [4.78, 5) is 25.1. The van der Waals surface area contributed by atoms with Crippen LogP contribution in [0.15, 0.2) is 30.3 Å². The second kappa shape index (κ2) is 8.32. The molecule has 0 saturated heterocycles. The number of carbonyl (C=O) groups is 2. The second-order valence-electron chi connectivity index (χ2n) is 4.73. The first-order chi connectivity index (χ1) is 9.54. The van der Waals surface area contributed by atoms with E-state index in [0.29, 0.717) is 24.9 Å². The van der Waals surface area contributed by atoms with Crippen LogP contribution in [0.5, 0.6) is 0 Å². The van der Waals surface area contributed by atoms with E-state index in [2.05, 4.69) is 5.32 Å². The zero-order chi connectivity index (χ0) is 15.0. The molecule has 0 bridgehead atoms. The predicted molar refractivity (Wildman–Crippen MR) is 77.3 cm³/mol. The van der Waals surface area contributed by atoms with E-state index >= 15 is 0 Å². The van der Waals surface area contributed by atoms with Crippen LogP contribution in [0.3, 0.4) is 0 Å². The number of carbonyl (C=O) groups excluding carboxylic acids is 2. The van der Waals surface area contributed by atoms with Gasteiger partial charge in [0.1, 0.15) is 0 Å². The summed E-state index contributed by atoms with van der Waals surface area (Å²) in [5.74, 6) is -0.408. The molecule has 5 heteroatoms. The molecule has 1 unspecified atom stereocenters. The molecule has 1 rings (SSSR count). The lowest BCUT2D eigenvalue weighted by Crippen LogP contribution is -2.39. The number of aliphatic hydroxyl groups excluding tert-OH is 1. The Morgan fingerprint density at radius 1 is 1.30 bits per heavy atom. The first-order valence-electron chi connectivity index (χ1n) is 6.79. The van der Waals surface area contributed by atoms with E-state index in [4.69, 9.17) is 0 Å². The highest BCUT2D eigenvalue weighted by Gasteiger charge is 2.14. The molecule has 0 aromatic heterocycles. The molecule has 0 saturated carbocycles.